The van der Waals surface area contributed by atoms with Gasteiger partial charge in [-0.2, -0.15) is 17.6 Å². The van der Waals surface area contributed by atoms with Gasteiger partial charge in [-0.05, 0) is 65.1 Å². The molecule has 4 aromatic rings. The monoisotopic (exact) mass is 582 g/mol. The number of hydrogen-bond donors (Lipinski definition) is 2. The minimum Gasteiger partial charge on any atom is -0.431 e. The molecule has 0 radical (unpaired) electrons. The fourth-order valence-electron chi connectivity index (χ4n) is 4.28. The van der Waals surface area contributed by atoms with E-state index in [0.29, 0.717) is 24.2 Å². The van der Waals surface area contributed by atoms with Gasteiger partial charge in [0.25, 0.3) is 6.20 Å². The first-order valence-electron chi connectivity index (χ1n) is 12.7. The zero-order valence-electron chi connectivity index (χ0n) is 22.0. The van der Waals surface area contributed by atoms with E-state index in [1.165, 1.54) is 18.2 Å². The van der Waals surface area contributed by atoms with Crippen molar-refractivity contribution in [3.8, 4) is 11.5 Å². The second kappa shape index (κ2) is 14.5. The number of nitro groups is 1. The van der Waals surface area contributed by atoms with Crippen LogP contribution in [0, 0.1) is 10.1 Å². The summed E-state index contributed by atoms with van der Waals surface area (Å²) in [6, 6.07) is 23.9. The van der Waals surface area contributed by atoms with Gasteiger partial charge in [-0.25, -0.2) is 0 Å². The molecule has 0 aliphatic rings. The van der Waals surface area contributed by atoms with Gasteiger partial charge < -0.3 is 20.1 Å². The molecule has 0 spiro atoms. The van der Waals surface area contributed by atoms with E-state index in [4.69, 9.17) is 0 Å². The smallest absolute Gasteiger partial charge is 0.387 e. The molecule has 4 rings (SSSR count). The summed E-state index contributed by atoms with van der Waals surface area (Å²) in [6.07, 6.45) is 4.49. The van der Waals surface area contributed by atoms with Crippen LogP contribution in [0.1, 0.15) is 28.2 Å². The first-order chi connectivity index (χ1) is 20.3. The normalized spacial score (nSPS) is 12.2. The lowest BCUT2D eigenvalue weighted by atomic mass is 9.86. The number of alkyl halides is 4. The van der Waals surface area contributed by atoms with E-state index in [2.05, 4.69) is 25.1 Å². The fraction of sp³-hybridized carbons (Fsp3) is 0.167. The second-order valence-electron chi connectivity index (χ2n) is 8.99. The second-order valence-corrected chi connectivity index (χ2v) is 8.99. The number of halogens is 4. The maximum atomic E-state index is 13.1. The molecule has 0 fully saturated rings. The molecule has 12 heteroatoms. The zero-order chi connectivity index (χ0) is 29.9. The summed E-state index contributed by atoms with van der Waals surface area (Å²) >= 11 is 0. The summed E-state index contributed by atoms with van der Waals surface area (Å²) in [7, 11) is 0. The summed E-state index contributed by atoms with van der Waals surface area (Å²) in [5.74, 6) is -1.26. The molecule has 0 aliphatic carbocycles. The number of hydrogen-bond acceptors (Lipinski definition) is 7. The van der Waals surface area contributed by atoms with Gasteiger partial charge >= 0.3 is 13.2 Å². The van der Waals surface area contributed by atoms with Crippen molar-refractivity contribution in [2.24, 2.45) is 0 Å². The van der Waals surface area contributed by atoms with Gasteiger partial charge in [0.05, 0.1) is 4.92 Å². The van der Waals surface area contributed by atoms with Gasteiger partial charge in [-0.1, -0.05) is 48.5 Å². The highest BCUT2D eigenvalue weighted by molar-refractivity contribution is 5.52. The lowest BCUT2D eigenvalue weighted by Gasteiger charge is -2.21. The van der Waals surface area contributed by atoms with Crippen LogP contribution in [-0.2, 0) is 13.0 Å². The van der Waals surface area contributed by atoms with Crippen molar-refractivity contribution in [2.45, 2.75) is 32.1 Å². The summed E-state index contributed by atoms with van der Waals surface area (Å²) in [6.45, 7) is -6.12. The van der Waals surface area contributed by atoms with Crippen molar-refractivity contribution in [1.29, 1.82) is 0 Å². The molecule has 1 heterocycles. The Kier molecular flexibility index (Phi) is 10.3. The first-order valence-corrected chi connectivity index (χ1v) is 12.7. The van der Waals surface area contributed by atoms with Gasteiger partial charge in [0.15, 0.2) is 17.3 Å². The number of aromatic nitrogens is 1. The van der Waals surface area contributed by atoms with Gasteiger partial charge in [0.2, 0.25) is 0 Å². The Labute approximate surface area is 238 Å². The van der Waals surface area contributed by atoms with Crippen LogP contribution < -0.4 is 20.1 Å². The Bertz CT molecular complexity index is 1470. The summed E-state index contributed by atoms with van der Waals surface area (Å²) < 4.78 is 60.8. The molecule has 3 aromatic carbocycles. The Morgan fingerprint density at radius 1 is 0.833 bits per heavy atom. The minimum absolute atomic E-state index is 0.174. The highest BCUT2D eigenvalue weighted by Gasteiger charge is 2.21. The van der Waals surface area contributed by atoms with Crippen molar-refractivity contribution in [3.63, 3.8) is 0 Å². The van der Waals surface area contributed by atoms with Crippen LogP contribution in [-0.4, -0.2) is 23.1 Å². The molecular formula is C30H26F4N4O4. The molecule has 0 bridgehead atoms. The van der Waals surface area contributed by atoms with Crippen LogP contribution in [0.25, 0.3) is 0 Å². The third-order valence-electron chi connectivity index (χ3n) is 6.14. The zero-order valence-corrected chi connectivity index (χ0v) is 22.0. The molecular weight excluding hydrogens is 556 g/mol. The number of nitrogens with one attached hydrogen (secondary N) is 2. The third kappa shape index (κ3) is 8.95. The number of nitrogens with zero attached hydrogens (tertiary/aromatic N) is 2. The number of rotatable bonds is 14. The van der Waals surface area contributed by atoms with E-state index >= 15 is 0 Å². The lowest BCUT2D eigenvalue weighted by molar-refractivity contribution is -0.403. The predicted molar refractivity (Wildman–Crippen MR) is 148 cm³/mol. The van der Waals surface area contributed by atoms with E-state index in [9.17, 15) is 27.7 Å². The van der Waals surface area contributed by atoms with Gasteiger partial charge in [-0.3, -0.25) is 15.1 Å². The Morgan fingerprint density at radius 2 is 1.48 bits per heavy atom. The molecule has 2 N–H and O–H groups in total. The van der Waals surface area contributed by atoms with E-state index in [-0.39, 0.29) is 5.82 Å². The number of ether oxygens (including phenoxy) is 2. The number of benzene rings is 3. The lowest BCUT2D eigenvalue weighted by Crippen LogP contribution is -2.20. The van der Waals surface area contributed by atoms with Crippen LogP contribution in [0.3, 0.4) is 0 Å². The quantitative estimate of drug-likeness (QED) is 0.0945. The molecule has 8 nitrogen and oxygen atoms in total. The van der Waals surface area contributed by atoms with Gasteiger partial charge in [-0.15, -0.1) is 0 Å². The maximum absolute atomic E-state index is 13.1. The van der Waals surface area contributed by atoms with Crippen LogP contribution in [0.15, 0.2) is 109 Å². The molecule has 0 aliphatic heterocycles. The average molecular weight is 583 g/mol. The summed E-state index contributed by atoms with van der Waals surface area (Å²) in [5.41, 5.74) is 3.66. The molecule has 1 aromatic heterocycles. The summed E-state index contributed by atoms with van der Waals surface area (Å²) in [4.78, 5) is 14.6. The number of anilines is 1. The molecule has 0 saturated carbocycles. The van der Waals surface area contributed by atoms with Crippen molar-refractivity contribution < 1.29 is 32.0 Å². The maximum Gasteiger partial charge on any atom is 0.387 e. The molecule has 218 valence electrons. The van der Waals surface area contributed by atoms with Gasteiger partial charge in [0, 0.05) is 30.5 Å². The van der Waals surface area contributed by atoms with Crippen LogP contribution >= 0.6 is 0 Å². The first kappa shape index (κ1) is 29.8. The standard InChI is InChI=1S/C30H26F4N4O4/c31-29(32)41-26-11-8-23(17-27(26)42-30(33)34)25(16-20-12-14-35-15-13-20)22-6-9-24(10-7-22)37-28(19-38(39)40)36-18-21-4-2-1-3-5-21/h1-15,17,19,25,29-30,36-37H,16,18H2/t25-/m1/s1. The molecule has 0 amide bonds. The topological polar surface area (TPSA) is 98.6 Å². The van der Waals surface area contributed by atoms with E-state index in [1.807, 2.05) is 30.3 Å². The summed E-state index contributed by atoms with van der Waals surface area (Å²) in [5, 5.41) is 17.2. The highest BCUT2D eigenvalue weighted by atomic mass is 19.3. The Balaban J connectivity index is 1.61. The highest BCUT2D eigenvalue weighted by Crippen LogP contribution is 2.37. The van der Waals surface area contributed by atoms with Crippen molar-refractivity contribution in [1.82, 2.24) is 10.3 Å². The fourth-order valence-corrected chi connectivity index (χ4v) is 4.28. The van der Waals surface area contributed by atoms with Crippen LogP contribution in [0.4, 0.5) is 23.2 Å². The largest absolute Gasteiger partial charge is 0.431 e. The molecule has 42 heavy (non-hydrogen) atoms. The van der Waals surface area contributed by atoms with Crippen molar-refractivity contribution in [2.75, 3.05) is 5.32 Å². The minimum atomic E-state index is -3.25. The number of pyridine rings is 1. The molecule has 0 unspecified atom stereocenters. The van der Waals surface area contributed by atoms with Crippen molar-refractivity contribution in [3.05, 3.63) is 142 Å². The molecule has 1 atom stereocenters. The molecule has 0 saturated heterocycles. The Hall–Kier alpha value is -5.13. The van der Waals surface area contributed by atoms with E-state index < -0.39 is 35.6 Å². The van der Waals surface area contributed by atoms with E-state index in [1.54, 1.807) is 48.8 Å². The van der Waals surface area contributed by atoms with Gasteiger partial charge in [0.1, 0.15) is 0 Å². The van der Waals surface area contributed by atoms with Crippen LogP contribution in [0.2, 0.25) is 0 Å². The van der Waals surface area contributed by atoms with Crippen LogP contribution in [0.5, 0.6) is 11.5 Å². The predicted octanol–water partition coefficient (Wildman–Crippen LogP) is 6.94. The Morgan fingerprint density at radius 3 is 2.12 bits per heavy atom. The SMILES string of the molecule is O=[N+]([O-])C=C(NCc1ccccc1)Nc1ccc([C@@H](Cc2ccncc2)c2ccc(OC(F)F)c(OC(F)F)c2)cc1. The van der Waals surface area contributed by atoms with Crippen molar-refractivity contribution >= 4 is 5.69 Å². The average Bonchev–Trinajstić information content (AvgIpc) is 2.96. The van der Waals surface area contributed by atoms with E-state index in [0.717, 1.165) is 22.9 Å². The third-order valence-corrected chi connectivity index (χ3v) is 6.14.